The molecule has 0 spiro atoms. The molecule has 2 fully saturated rings. The molecule has 1 aromatic rings. The van der Waals surface area contributed by atoms with Crippen molar-refractivity contribution in [3.8, 4) is 0 Å². The highest BCUT2D eigenvalue weighted by molar-refractivity contribution is 5.55. The van der Waals surface area contributed by atoms with Gasteiger partial charge in [-0.05, 0) is 49.4 Å². The average molecular weight is 230 g/mol. The van der Waals surface area contributed by atoms with E-state index < -0.39 is 0 Å². The molecule has 0 aromatic heterocycles. The molecule has 1 aliphatic carbocycles. The van der Waals surface area contributed by atoms with Crippen molar-refractivity contribution < 1.29 is 0 Å². The monoisotopic (exact) mass is 230 g/mol. The molecule has 0 unspecified atom stereocenters. The second-order valence-electron chi connectivity index (χ2n) is 5.40. The SMILES string of the molecule is c1cc(N2CCCC2)ccc1NCCC1CC1. The van der Waals surface area contributed by atoms with Crippen LogP contribution < -0.4 is 10.2 Å². The van der Waals surface area contributed by atoms with Crippen molar-refractivity contribution in [1.29, 1.82) is 0 Å². The Hall–Kier alpha value is -1.18. The maximum absolute atomic E-state index is 3.52. The zero-order valence-corrected chi connectivity index (χ0v) is 10.5. The lowest BCUT2D eigenvalue weighted by Gasteiger charge is -2.18. The third kappa shape index (κ3) is 2.93. The molecular formula is C15H22N2. The van der Waals surface area contributed by atoms with Gasteiger partial charge in [-0.25, -0.2) is 0 Å². The average Bonchev–Trinajstić information content (AvgIpc) is 3.03. The van der Waals surface area contributed by atoms with Crippen LogP contribution in [0.3, 0.4) is 0 Å². The highest BCUT2D eigenvalue weighted by Gasteiger charge is 2.20. The van der Waals surface area contributed by atoms with E-state index in [1.807, 2.05) is 0 Å². The van der Waals surface area contributed by atoms with Crippen molar-refractivity contribution in [3.63, 3.8) is 0 Å². The van der Waals surface area contributed by atoms with Crippen LogP contribution in [0.2, 0.25) is 0 Å². The molecule has 1 heterocycles. The van der Waals surface area contributed by atoms with E-state index in [-0.39, 0.29) is 0 Å². The molecule has 0 bridgehead atoms. The van der Waals surface area contributed by atoms with Gasteiger partial charge < -0.3 is 10.2 Å². The molecule has 0 atom stereocenters. The smallest absolute Gasteiger partial charge is 0.0367 e. The summed E-state index contributed by atoms with van der Waals surface area (Å²) in [5.41, 5.74) is 2.66. The van der Waals surface area contributed by atoms with Crippen LogP contribution in [0, 0.1) is 5.92 Å². The van der Waals surface area contributed by atoms with Crippen LogP contribution in [0.25, 0.3) is 0 Å². The van der Waals surface area contributed by atoms with Gasteiger partial charge in [-0.3, -0.25) is 0 Å². The van der Waals surface area contributed by atoms with Gasteiger partial charge in [0, 0.05) is 31.0 Å². The third-order valence-electron chi connectivity index (χ3n) is 3.92. The number of nitrogens with zero attached hydrogens (tertiary/aromatic N) is 1. The topological polar surface area (TPSA) is 15.3 Å². The molecule has 0 radical (unpaired) electrons. The van der Waals surface area contributed by atoms with Crippen LogP contribution in [0.15, 0.2) is 24.3 Å². The maximum Gasteiger partial charge on any atom is 0.0367 e. The molecule has 1 aromatic carbocycles. The van der Waals surface area contributed by atoms with E-state index in [1.165, 1.54) is 56.6 Å². The predicted octanol–water partition coefficient (Wildman–Crippen LogP) is 3.50. The molecule has 2 heteroatoms. The van der Waals surface area contributed by atoms with Crippen LogP contribution in [0.1, 0.15) is 32.1 Å². The molecular weight excluding hydrogens is 208 g/mol. The molecule has 92 valence electrons. The zero-order valence-electron chi connectivity index (χ0n) is 10.5. The highest BCUT2D eigenvalue weighted by Crippen LogP contribution is 2.32. The quantitative estimate of drug-likeness (QED) is 0.833. The largest absolute Gasteiger partial charge is 0.385 e. The number of hydrogen-bond donors (Lipinski definition) is 1. The summed E-state index contributed by atoms with van der Waals surface area (Å²) in [6.45, 7) is 3.59. The summed E-state index contributed by atoms with van der Waals surface area (Å²) >= 11 is 0. The Morgan fingerprint density at radius 1 is 1.06 bits per heavy atom. The first-order chi connectivity index (χ1) is 8.42. The van der Waals surface area contributed by atoms with Gasteiger partial charge in [0.2, 0.25) is 0 Å². The van der Waals surface area contributed by atoms with Gasteiger partial charge in [0.05, 0.1) is 0 Å². The van der Waals surface area contributed by atoms with Crippen molar-refractivity contribution in [3.05, 3.63) is 24.3 Å². The summed E-state index contributed by atoms with van der Waals surface area (Å²) in [5.74, 6) is 1.02. The molecule has 0 amide bonds. The van der Waals surface area contributed by atoms with E-state index >= 15 is 0 Å². The van der Waals surface area contributed by atoms with Crippen molar-refractivity contribution >= 4 is 11.4 Å². The minimum Gasteiger partial charge on any atom is -0.385 e. The summed E-state index contributed by atoms with van der Waals surface area (Å²) in [6.07, 6.45) is 6.95. The van der Waals surface area contributed by atoms with Gasteiger partial charge in [-0.2, -0.15) is 0 Å². The Balaban J connectivity index is 1.51. The molecule has 1 aliphatic heterocycles. The van der Waals surface area contributed by atoms with E-state index in [9.17, 15) is 0 Å². The lowest BCUT2D eigenvalue weighted by Crippen LogP contribution is -2.17. The van der Waals surface area contributed by atoms with E-state index in [4.69, 9.17) is 0 Å². The fourth-order valence-corrected chi connectivity index (χ4v) is 2.59. The summed E-state index contributed by atoms with van der Waals surface area (Å²) in [5, 5.41) is 3.52. The van der Waals surface area contributed by atoms with Crippen molar-refractivity contribution in [1.82, 2.24) is 0 Å². The second kappa shape index (κ2) is 4.99. The number of hydrogen-bond acceptors (Lipinski definition) is 2. The molecule has 1 saturated carbocycles. The van der Waals surface area contributed by atoms with E-state index in [1.54, 1.807) is 0 Å². The second-order valence-corrected chi connectivity index (χ2v) is 5.40. The Morgan fingerprint density at radius 2 is 1.76 bits per heavy atom. The van der Waals surface area contributed by atoms with Crippen LogP contribution >= 0.6 is 0 Å². The molecule has 2 aliphatic rings. The van der Waals surface area contributed by atoms with Gasteiger partial charge in [-0.15, -0.1) is 0 Å². The molecule has 2 nitrogen and oxygen atoms in total. The first-order valence-corrected chi connectivity index (χ1v) is 7.01. The lowest BCUT2D eigenvalue weighted by molar-refractivity contribution is 0.760. The lowest BCUT2D eigenvalue weighted by atomic mass is 10.2. The van der Waals surface area contributed by atoms with Gasteiger partial charge in [-0.1, -0.05) is 12.8 Å². The van der Waals surface area contributed by atoms with Gasteiger partial charge >= 0.3 is 0 Å². The molecule has 3 rings (SSSR count). The maximum atomic E-state index is 3.52. The number of rotatable bonds is 5. The van der Waals surface area contributed by atoms with E-state index in [0.717, 1.165) is 12.5 Å². The third-order valence-corrected chi connectivity index (χ3v) is 3.92. The minimum absolute atomic E-state index is 1.02. The van der Waals surface area contributed by atoms with Gasteiger partial charge in [0.25, 0.3) is 0 Å². The summed E-state index contributed by atoms with van der Waals surface area (Å²) in [6, 6.07) is 8.96. The summed E-state index contributed by atoms with van der Waals surface area (Å²) in [4.78, 5) is 2.48. The van der Waals surface area contributed by atoms with Crippen molar-refractivity contribution in [2.45, 2.75) is 32.1 Å². The van der Waals surface area contributed by atoms with E-state index in [2.05, 4.69) is 34.5 Å². The summed E-state index contributed by atoms with van der Waals surface area (Å²) in [7, 11) is 0. The molecule has 1 N–H and O–H groups in total. The summed E-state index contributed by atoms with van der Waals surface area (Å²) < 4.78 is 0. The number of benzene rings is 1. The number of nitrogens with one attached hydrogen (secondary N) is 1. The standard InChI is InChI=1S/C15H22N2/c1-2-12-17(11-1)15-7-5-14(6-8-15)16-10-9-13-3-4-13/h5-8,13,16H,1-4,9-12H2. The minimum atomic E-state index is 1.02. The Kier molecular flexibility index (Phi) is 3.21. The Labute approximate surface area is 104 Å². The van der Waals surface area contributed by atoms with Gasteiger partial charge in [0.15, 0.2) is 0 Å². The normalized spacial score (nSPS) is 19.6. The van der Waals surface area contributed by atoms with E-state index in [0.29, 0.717) is 0 Å². The highest BCUT2D eigenvalue weighted by atomic mass is 15.1. The Morgan fingerprint density at radius 3 is 2.41 bits per heavy atom. The van der Waals surface area contributed by atoms with Crippen LogP contribution in [0.4, 0.5) is 11.4 Å². The first-order valence-electron chi connectivity index (χ1n) is 7.01. The Bertz CT molecular complexity index is 348. The first kappa shape index (κ1) is 10.9. The van der Waals surface area contributed by atoms with Crippen molar-refractivity contribution in [2.75, 3.05) is 29.9 Å². The van der Waals surface area contributed by atoms with Gasteiger partial charge in [0.1, 0.15) is 0 Å². The fourth-order valence-electron chi connectivity index (χ4n) is 2.59. The number of anilines is 2. The van der Waals surface area contributed by atoms with Crippen LogP contribution in [-0.4, -0.2) is 19.6 Å². The van der Waals surface area contributed by atoms with Crippen LogP contribution in [0.5, 0.6) is 0 Å². The van der Waals surface area contributed by atoms with Crippen LogP contribution in [-0.2, 0) is 0 Å². The predicted molar refractivity (Wildman–Crippen MR) is 73.7 cm³/mol. The van der Waals surface area contributed by atoms with Crippen molar-refractivity contribution in [2.24, 2.45) is 5.92 Å². The zero-order chi connectivity index (χ0) is 11.5. The fraction of sp³-hybridized carbons (Fsp3) is 0.600. The molecule has 1 saturated heterocycles. The molecule has 17 heavy (non-hydrogen) atoms.